The van der Waals surface area contributed by atoms with Gasteiger partial charge in [0.2, 0.25) is 10.0 Å². The summed E-state index contributed by atoms with van der Waals surface area (Å²) in [5.41, 5.74) is 2.69. The zero-order valence-electron chi connectivity index (χ0n) is 17.3. The van der Waals surface area contributed by atoms with Crippen LogP contribution in [-0.4, -0.2) is 70.1 Å². The maximum Gasteiger partial charge on any atom is 0.229 e. The van der Waals surface area contributed by atoms with Crippen LogP contribution in [0.5, 0.6) is 5.75 Å². The molecule has 1 aliphatic rings. The molecule has 0 bridgehead atoms. The highest BCUT2D eigenvalue weighted by atomic mass is 35.5. The van der Waals surface area contributed by atoms with E-state index in [2.05, 4.69) is 14.5 Å². The fourth-order valence-corrected chi connectivity index (χ4v) is 3.96. The van der Waals surface area contributed by atoms with E-state index in [1.807, 2.05) is 43.3 Å². The van der Waals surface area contributed by atoms with Gasteiger partial charge in [0.15, 0.2) is 0 Å². The molecular weight excluding hydrogens is 426 g/mol. The summed E-state index contributed by atoms with van der Waals surface area (Å²) in [5, 5.41) is 10.3. The molecule has 2 aromatic carbocycles. The third kappa shape index (κ3) is 7.36. The van der Waals surface area contributed by atoms with Crippen molar-refractivity contribution >= 4 is 33.8 Å². The number of sulfonamides is 1. The van der Waals surface area contributed by atoms with Crippen molar-refractivity contribution in [2.75, 3.05) is 55.2 Å². The van der Waals surface area contributed by atoms with Crippen LogP contribution < -0.4 is 14.4 Å². The summed E-state index contributed by atoms with van der Waals surface area (Å²) in [6.07, 6.45) is 0.600. The van der Waals surface area contributed by atoms with E-state index in [1.54, 1.807) is 12.1 Å². The lowest BCUT2D eigenvalue weighted by Gasteiger charge is -2.37. The molecule has 7 nitrogen and oxygen atoms in total. The Kier molecular flexibility index (Phi) is 8.78. The number of piperazine rings is 1. The molecule has 9 heteroatoms. The van der Waals surface area contributed by atoms with Crippen molar-refractivity contribution in [1.29, 1.82) is 0 Å². The maximum atomic E-state index is 11.3. The highest BCUT2D eigenvalue weighted by molar-refractivity contribution is 7.92. The van der Waals surface area contributed by atoms with Crippen LogP contribution in [0.15, 0.2) is 48.5 Å². The zero-order chi connectivity index (χ0) is 20.9. The molecule has 1 fully saturated rings. The van der Waals surface area contributed by atoms with E-state index in [1.165, 1.54) is 0 Å². The largest absolute Gasteiger partial charge is 0.491 e. The van der Waals surface area contributed by atoms with Gasteiger partial charge in [-0.2, -0.15) is 0 Å². The van der Waals surface area contributed by atoms with E-state index >= 15 is 0 Å². The third-order valence-electron chi connectivity index (χ3n) is 4.90. The van der Waals surface area contributed by atoms with Gasteiger partial charge in [-0.3, -0.25) is 9.62 Å². The maximum absolute atomic E-state index is 11.3. The number of hydrogen-bond donors (Lipinski definition) is 2. The Morgan fingerprint density at radius 1 is 1.07 bits per heavy atom. The topological polar surface area (TPSA) is 82.1 Å². The number of aliphatic hydroxyl groups excluding tert-OH is 1. The van der Waals surface area contributed by atoms with Gasteiger partial charge in [-0.25, -0.2) is 8.42 Å². The minimum Gasteiger partial charge on any atom is -0.491 e. The number of halogens is 1. The second-order valence-electron chi connectivity index (χ2n) is 7.44. The molecule has 0 radical (unpaired) electrons. The predicted molar refractivity (Wildman–Crippen MR) is 123 cm³/mol. The number of benzene rings is 2. The van der Waals surface area contributed by atoms with E-state index in [4.69, 9.17) is 4.74 Å². The second kappa shape index (κ2) is 10.9. The normalized spacial score (nSPS) is 15.9. The van der Waals surface area contributed by atoms with Gasteiger partial charge in [0.05, 0.1) is 6.26 Å². The Bertz CT molecular complexity index is 901. The lowest BCUT2D eigenvalue weighted by molar-refractivity contribution is 0.0661. The van der Waals surface area contributed by atoms with Gasteiger partial charge in [-0.05, 0) is 42.8 Å². The summed E-state index contributed by atoms with van der Waals surface area (Å²) < 4.78 is 30.8. The Morgan fingerprint density at radius 3 is 2.30 bits per heavy atom. The van der Waals surface area contributed by atoms with Crippen LogP contribution in [-0.2, 0) is 10.0 Å². The number of nitrogens with one attached hydrogen (secondary N) is 1. The smallest absolute Gasteiger partial charge is 0.229 e. The van der Waals surface area contributed by atoms with E-state index < -0.39 is 16.1 Å². The minimum atomic E-state index is -3.26. The molecular formula is C21H30ClN3O4S. The number of rotatable bonds is 8. The first-order valence-electron chi connectivity index (χ1n) is 9.72. The molecule has 0 spiro atoms. The number of hydrogen-bond acceptors (Lipinski definition) is 6. The van der Waals surface area contributed by atoms with Crippen molar-refractivity contribution in [3.63, 3.8) is 0 Å². The van der Waals surface area contributed by atoms with Gasteiger partial charge in [-0.1, -0.05) is 18.2 Å². The van der Waals surface area contributed by atoms with E-state index in [0.29, 0.717) is 12.2 Å². The molecule has 2 N–H and O–H groups in total. The zero-order valence-corrected chi connectivity index (χ0v) is 19.0. The Morgan fingerprint density at radius 2 is 1.70 bits per heavy atom. The number of aliphatic hydroxyl groups is 1. The van der Waals surface area contributed by atoms with Gasteiger partial charge in [0, 0.05) is 44.1 Å². The molecule has 3 rings (SSSR count). The lowest BCUT2D eigenvalue weighted by atomic mass is 10.2. The molecule has 1 heterocycles. The molecule has 30 heavy (non-hydrogen) atoms. The fourth-order valence-electron chi connectivity index (χ4n) is 3.40. The highest BCUT2D eigenvalue weighted by Gasteiger charge is 2.20. The third-order valence-corrected chi connectivity index (χ3v) is 5.51. The fraction of sp³-hybridized carbons (Fsp3) is 0.429. The van der Waals surface area contributed by atoms with Crippen LogP contribution in [0, 0.1) is 6.92 Å². The molecule has 0 aliphatic carbocycles. The molecule has 1 atom stereocenters. The van der Waals surface area contributed by atoms with E-state index in [-0.39, 0.29) is 19.0 Å². The summed E-state index contributed by atoms with van der Waals surface area (Å²) in [4.78, 5) is 4.50. The number of anilines is 2. The molecule has 0 saturated carbocycles. The van der Waals surface area contributed by atoms with E-state index in [0.717, 1.165) is 49.4 Å². The summed E-state index contributed by atoms with van der Waals surface area (Å²) in [6.45, 7) is 6.26. The average molecular weight is 456 g/mol. The summed E-state index contributed by atoms with van der Waals surface area (Å²) in [6, 6.07) is 15.2. The van der Waals surface area contributed by atoms with Crippen LogP contribution in [0.3, 0.4) is 0 Å². The first-order chi connectivity index (χ1) is 13.8. The highest BCUT2D eigenvalue weighted by Crippen LogP contribution is 2.20. The van der Waals surface area contributed by atoms with Crippen LogP contribution in [0.1, 0.15) is 5.56 Å². The van der Waals surface area contributed by atoms with Crippen molar-refractivity contribution in [3.8, 4) is 5.75 Å². The standard InChI is InChI=1S/C21H29N3O4S.ClH/c1-17-5-3-4-6-21(17)28-16-20(25)15-23-11-13-24(14-12-23)19-9-7-18(8-10-19)22-29(2,26)27;/h3-10,20,22,25H,11-16H2,1-2H3;1H. The summed E-state index contributed by atoms with van der Waals surface area (Å²) in [7, 11) is -3.26. The summed E-state index contributed by atoms with van der Waals surface area (Å²) in [5.74, 6) is 0.810. The van der Waals surface area contributed by atoms with Crippen LogP contribution in [0.4, 0.5) is 11.4 Å². The second-order valence-corrected chi connectivity index (χ2v) is 9.19. The van der Waals surface area contributed by atoms with Crippen LogP contribution in [0.2, 0.25) is 0 Å². The molecule has 0 aromatic heterocycles. The number of ether oxygens (including phenoxy) is 1. The molecule has 1 saturated heterocycles. The van der Waals surface area contributed by atoms with Crippen molar-refractivity contribution in [2.24, 2.45) is 0 Å². The SMILES string of the molecule is Cc1ccccc1OCC(O)CN1CCN(c2ccc(NS(C)(=O)=O)cc2)CC1.Cl. The number of para-hydroxylation sites is 1. The number of β-amino-alcohol motifs (C(OH)–C–C–N with tert-alkyl or cyclic N) is 1. The Balaban J connectivity index is 0.00000320. The minimum absolute atomic E-state index is 0. The Labute approximate surface area is 185 Å². The average Bonchev–Trinajstić information content (AvgIpc) is 2.67. The van der Waals surface area contributed by atoms with Crippen molar-refractivity contribution < 1.29 is 18.3 Å². The molecule has 166 valence electrons. The van der Waals surface area contributed by atoms with Crippen molar-refractivity contribution in [3.05, 3.63) is 54.1 Å². The van der Waals surface area contributed by atoms with Crippen molar-refractivity contribution in [1.82, 2.24) is 4.90 Å². The van der Waals surface area contributed by atoms with Gasteiger partial charge in [0.25, 0.3) is 0 Å². The van der Waals surface area contributed by atoms with E-state index in [9.17, 15) is 13.5 Å². The van der Waals surface area contributed by atoms with Gasteiger partial charge in [-0.15, -0.1) is 12.4 Å². The lowest BCUT2D eigenvalue weighted by Crippen LogP contribution is -2.49. The summed E-state index contributed by atoms with van der Waals surface area (Å²) >= 11 is 0. The van der Waals surface area contributed by atoms with Gasteiger partial charge in [0.1, 0.15) is 18.5 Å². The predicted octanol–water partition coefficient (Wildman–Crippen LogP) is 2.35. The Hall–Kier alpha value is -2.00. The number of aryl methyl sites for hydroxylation is 1. The first-order valence-corrected chi connectivity index (χ1v) is 11.6. The molecule has 1 unspecified atom stereocenters. The quantitative estimate of drug-likeness (QED) is 0.635. The van der Waals surface area contributed by atoms with Crippen LogP contribution >= 0.6 is 12.4 Å². The van der Waals surface area contributed by atoms with Gasteiger partial charge >= 0.3 is 0 Å². The monoisotopic (exact) mass is 455 g/mol. The molecule has 2 aromatic rings. The van der Waals surface area contributed by atoms with Crippen molar-refractivity contribution in [2.45, 2.75) is 13.0 Å². The number of nitrogens with zero attached hydrogens (tertiary/aromatic N) is 2. The molecule has 1 aliphatic heterocycles. The molecule has 0 amide bonds. The van der Waals surface area contributed by atoms with Gasteiger partial charge < -0.3 is 14.7 Å². The first kappa shape index (κ1) is 24.3. The van der Waals surface area contributed by atoms with Crippen LogP contribution in [0.25, 0.3) is 0 Å².